The van der Waals surface area contributed by atoms with Gasteiger partial charge < -0.3 is 24.9 Å². The van der Waals surface area contributed by atoms with Gasteiger partial charge in [0.2, 0.25) is 0 Å². The summed E-state index contributed by atoms with van der Waals surface area (Å²) in [5, 5.41) is 14.0. The highest BCUT2D eigenvalue weighted by atomic mass is 16.5. The van der Waals surface area contributed by atoms with Crippen molar-refractivity contribution in [2.45, 2.75) is 32.5 Å². The lowest BCUT2D eigenvalue weighted by atomic mass is 10.0. The fourth-order valence-electron chi connectivity index (χ4n) is 3.79. The van der Waals surface area contributed by atoms with E-state index in [0.29, 0.717) is 37.7 Å². The van der Waals surface area contributed by atoms with Crippen LogP contribution in [0.2, 0.25) is 0 Å². The minimum atomic E-state index is -0.881. The van der Waals surface area contributed by atoms with Crippen LogP contribution in [0.15, 0.2) is 79.0 Å². The average molecular weight is 445 g/mol. The summed E-state index contributed by atoms with van der Waals surface area (Å²) >= 11 is 0. The molecule has 0 unspecified atom stereocenters. The molecule has 0 amide bonds. The van der Waals surface area contributed by atoms with Crippen LogP contribution in [0.25, 0.3) is 10.9 Å². The molecule has 1 aromatic heterocycles. The van der Waals surface area contributed by atoms with E-state index in [1.807, 2.05) is 85.9 Å². The van der Waals surface area contributed by atoms with Crippen molar-refractivity contribution in [2.75, 3.05) is 6.61 Å². The second kappa shape index (κ2) is 10.7. The number of hydrogen-bond acceptors (Lipinski definition) is 4. The zero-order valence-electron chi connectivity index (χ0n) is 18.6. The standard InChI is InChI=1S/C27H28N2O4/c1-2-32-26-14-20(12-13-25(26)33-18-19-8-4-3-5-9-19)16-28-24(27(30)31)15-21-17-29-23-11-7-6-10-22(21)23/h3-14,17,24,28-29H,2,15-16,18H2,1H3,(H,30,31)/t24-/m0/s1. The van der Waals surface area contributed by atoms with Crippen molar-refractivity contribution in [2.24, 2.45) is 0 Å². The van der Waals surface area contributed by atoms with Crippen molar-refractivity contribution in [3.63, 3.8) is 0 Å². The number of nitrogens with one attached hydrogen (secondary N) is 2. The molecular weight excluding hydrogens is 416 g/mol. The molecule has 0 radical (unpaired) electrons. The Morgan fingerprint density at radius 1 is 0.970 bits per heavy atom. The molecule has 1 heterocycles. The predicted molar refractivity (Wildman–Crippen MR) is 129 cm³/mol. The van der Waals surface area contributed by atoms with E-state index < -0.39 is 12.0 Å². The molecule has 6 heteroatoms. The largest absolute Gasteiger partial charge is 0.490 e. The molecule has 0 fully saturated rings. The molecule has 4 rings (SSSR count). The number of aromatic amines is 1. The Morgan fingerprint density at radius 2 is 1.76 bits per heavy atom. The van der Waals surface area contributed by atoms with Crippen molar-refractivity contribution in [1.82, 2.24) is 10.3 Å². The van der Waals surface area contributed by atoms with E-state index in [4.69, 9.17) is 9.47 Å². The van der Waals surface area contributed by atoms with E-state index in [-0.39, 0.29) is 0 Å². The van der Waals surface area contributed by atoms with Crippen LogP contribution in [0.4, 0.5) is 0 Å². The van der Waals surface area contributed by atoms with Gasteiger partial charge in [0.25, 0.3) is 0 Å². The van der Waals surface area contributed by atoms with Crippen LogP contribution in [0.1, 0.15) is 23.6 Å². The third-order valence-corrected chi connectivity index (χ3v) is 5.49. The minimum absolute atomic E-state index is 0.385. The fourth-order valence-corrected chi connectivity index (χ4v) is 3.79. The number of hydrogen-bond donors (Lipinski definition) is 3. The van der Waals surface area contributed by atoms with Gasteiger partial charge in [0.15, 0.2) is 11.5 Å². The number of rotatable bonds is 11. The number of carboxylic acid groups (broad SMARTS) is 1. The van der Waals surface area contributed by atoms with Gasteiger partial charge >= 0.3 is 5.97 Å². The Hall–Kier alpha value is -3.77. The first-order valence-electron chi connectivity index (χ1n) is 11.1. The van der Waals surface area contributed by atoms with Crippen molar-refractivity contribution in [3.8, 4) is 11.5 Å². The summed E-state index contributed by atoms with van der Waals surface area (Å²) in [7, 11) is 0. The van der Waals surface area contributed by atoms with Crippen molar-refractivity contribution < 1.29 is 19.4 Å². The van der Waals surface area contributed by atoms with E-state index >= 15 is 0 Å². The van der Waals surface area contributed by atoms with Crippen molar-refractivity contribution >= 4 is 16.9 Å². The smallest absolute Gasteiger partial charge is 0.321 e. The maximum absolute atomic E-state index is 11.9. The maximum atomic E-state index is 11.9. The van der Waals surface area contributed by atoms with Gasteiger partial charge in [-0.25, -0.2) is 0 Å². The van der Waals surface area contributed by atoms with Gasteiger partial charge in [0, 0.05) is 30.1 Å². The molecule has 170 valence electrons. The summed E-state index contributed by atoms with van der Waals surface area (Å²) in [5.74, 6) is 0.433. The number of fused-ring (bicyclic) bond motifs is 1. The molecule has 3 aromatic carbocycles. The summed E-state index contributed by atoms with van der Waals surface area (Å²) in [6.07, 6.45) is 2.27. The zero-order chi connectivity index (χ0) is 23.0. The SMILES string of the molecule is CCOc1cc(CN[C@@H](Cc2c[nH]c3ccccc23)C(=O)O)ccc1OCc1ccccc1. The first-order valence-corrected chi connectivity index (χ1v) is 11.1. The molecule has 0 saturated heterocycles. The van der Waals surface area contributed by atoms with E-state index in [1.54, 1.807) is 0 Å². The predicted octanol–water partition coefficient (Wildman–Crippen LogP) is 4.93. The van der Waals surface area contributed by atoms with Gasteiger partial charge in [0.1, 0.15) is 12.6 Å². The second-order valence-corrected chi connectivity index (χ2v) is 7.82. The van der Waals surface area contributed by atoms with Crippen LogP contribution in [0.5, 0.6) is 11.5 Å². The van der Waals surface area contributed by atoms with Gasteiger partial charge in [-0.1, -0.05) is 54.6 Å². The minimum Gasteiger partial charge on any atom is -0.490 e. The van der Waals surface area contributed by atoms with Crippen LogP contribution >= 0.6 is 0 Å². The molecule has 0 aliphatic heterocycles. The molecule has 0 spiro atoms. The lowest BCUT2D eigenvalue weighted by Gasteiger charge is -2.16. The first-order chi connectivity index (χ1) is 16.1. The Balaban J connectivity index is 1.43. The van der Waals surface area contributed by atoms with Crippen LogP contribution < -0.4 is 14.8 Å². The third kappa shape index (κ3) is 5.73. The van der Waals surface area contributed by atoms with Gasteiger partial charge in [-0.05, 0) is 41.8 Å². The van der Waals surface area contributed by atoms with Crippen LogP contribution in [0, 0.1) is 0 Å². The van der Waals surface area contributed by atoms with Crippen LogP contribution in [-0.2, 0) is 24.4 Å². The number of aliphatic carboxylic acids is 1. The Bertz CT molecular complexity index is 1200. The fraction of sp³-hybridized carbons (Fsp3) is 0.222. The summed E-state index contributed by atoms with van der Waals surface area (Å²) in [4.78, 5) is 15.1. The topological polar surface area (TPSA) is 83.6 Å². The van der Waals surface area contributed by atoms with E-state index in [9.17, 15) is 9.90 Å². The number of carboxylic acids is 1. The monoisotopic (exact) mass is 444 g/mol. The number of benzene rings is 3. The molecule has 4 aromatic rings. The lowest BCUT2D eigenvalue weighted by molar-refractivity contribution is -0.139. The van der Waals surface area contributed by atoms with Crippen molar-refractivity contribution in [1.29, 1.82) is 0 Å². The normalized spacial score (nSPS) is 11.9. The highest BCUT2D eigenvalue weighted by Crippen LogP contribution is 2.29. The van der Waals surface area contributed by atoms with Gasteiger partial charge in [-0.3, -0.25) is 4.79 Å². The second-order valence-electron chi connectivity index (χ2n) is 7.82. The van der Waals surface area contributed by atoms with E-state index in [0.717, 1.165) is 27.6 Å². The van der Waals surface area contributed by atoms with Gasteiger partial charge in [0.05, 0.1) is 6.61 Å². The summed E-state index contributed by atoms with van der Waals surface area (Å²) in [5.41, 5.74) is 3.98. The maximum Gasteiger partial charge on any atom is 0.321 e. The molecule has 0 aliphatic rings. The van der Waals surface area contributed by atoms with Crippen molar-refractivity contribution in [3.05, 3.63) is 95.7 Å². The highest BCUT2D eigenvalue weighted by molar-refractivity contribution is 5.84. The quantitative estimate of drug-likeness (QED) is 0.305. The summed E-state index contributed by atoms with van der Waals surface area (Å²) in [6.45, 7) is 3.28. The molecule has 0 aliphatic carbocycles. The molecule has 0 bridgehead atoms. The number of para-hydroxylation sites is 1. The zero-order valence-corrected chi connectivity index (χ0v) is 18.6. The average Bonchev–Trinajstić information content (AvgIpc) is 3.24. The molecular formula is C27H28N2O4. The molecule has 33 heavy (non-hydrogen) atoms. The highest BCUT2D eigenvalue weighted by Gasteiger charge is 2.19. The Labute approximate surface area is 193 Å². The Kier molecular flexibility index (Phi) is 7.27. The van der Waals surface area contributed by atoms with Crippen LogP contribution in [-0.4, -0.2) is 28.7 Å². The first kappa shape index (κ1) is 22.4. The Morgan fingerprint density at radius 3 is 2.55 bits per heavy atom. The van der Waals surface area contributed by atoms with Gasteiger partial charge in [-0.15, -0.1) is 0 Å². The third-order valence-electron chi connectivity index (χ3n) is 5.49. The number of aromatic nitrogens is 1. The van der Waals surface area contributed by atoms with Gasteiger partial charge in [-0.2, -0.15) is 0 Å². The number of H-pyrrole nitrogens is 1. The number of carbonyl (C=O) groups is 1. The van der Waals surface area contributed by atoms with Crippen LogP contribution in [0.3, 0.4) is 0 Å². The molecule has 6 nitrogen and oxygen atoms in total. The molecule has 0 saturated carbocycles. The lowest BCUT2D eigenvalue weighted by Crippen LogP contribution is -2.38. The summed E-state index contributed by atoms with van der Waals surface area (Å²) in [6, 6.07) is 22.9. The summed E-state index contributed by atoms with van der Waals surface area (Å²) < 4.78 is 11.7. The molecule has 3 N–H and O–H groups in total. The van der Waals surface area contributed by atoms with E-state index in [1.165, 1.54) is 0 Å². The molecule has 1 atom stereocenters. The number of ether oxygens (including phenoxy) is 2. The van der Waals surface area contributed by atoms with E-state index in [2.05, 4.69) is 10.3 Å².